The van der Waals surface area contributed by atoms with Gasteiger partial charge < -0.3 is 15.5 Å². The van der Waals surface area contributed by atoms with Crippen LogP contribution < -0.4 is 5.32 Å². The Morgan fingerprint density at radius 2 is 1.54 bits per heavy atom. The first-order valence-corrected chi connectivity index (χ1v) is 8.76. The molecule has 0 aliphatic rings. The molecular formula is C21H25NO4. The van der Waals surface area contributed by atoms with Crippen molar-refractivity contribution in [2.75, 3.05) is 6.61 Å². The molecule has 5 heteroatoms. The zero-order valence-electron chi connectivity index (χ0n) is 14.9. The maximum atomic E-state index is 12.2. The van der Waals surface area contributed by atoms with Crippen LogP contribution in [-0.2, 0) is 17.6 Å². The van der Waals surface area contributed by atoms with E-state index in [0.717, 1.165) is 24.8 Å². The molecule has 0 bridgehead atoms. The van der Waals surface area contributed by atoms with Crippen molar-refractivity contribution in [2.45, 2.75) is 38.3 Å². The van der Waals surface area contributed by atoms with Crippen LogP contribution in [0.3, 0.4) is 0 Å². The number of nitrogens with one attached hydrogen (secondary N) is 1. The van der Waals surface area contributed by atoms with Gasteiger partial charge in [-0.25, -0.2) is 0 Å². The van der Waals surface area contributed by atoms with E-state index in [9.17, 15) is 14.7 Å². The maximum absolute atomic E-state index is 12.2. The third-order valence-corrected chi connectivity index (χ3v) is 4.26. The second-order valence-electron chi connectivity index (χ2n) is 6.35. The maximum Gasteiger partial charge on any atom is 0.251 e. The number of aliphatic hydroxyl groups excluding tert-OH is 2. The Balaban J connectivity index is 1.89. The normalized spacial score (nSPS) is 13.0. The van der Waals surface area contributed by atoms with Gasteiger partial charge in [-0.15, -0.1) is 0 Å². The van der Waals surface area contributed by atoms with E-state index in [-0.39, 0.29) is 0 Å². The van der Waals surface area contributed by atoms with Gasteiger partial charge in [-0.05, 0) is 49.4 Å². The third-order valence-electron chi connectivity index (χ3n) is 4.26. The molecule has 2 aromatic rings. The van der Waals surface area contributed by atoms with E-state index in [4.69, 9.17) is 5.11 Å². The van der Waals surface area contributed by atoms with Crippen LogP contribution in [0.15, 0.2) is 54.6 Å². The van der Waals surface area contributed by atoms with E-state index < -0.39 is 30.4 Å². The zero-order valence-corrected chi connectivity index (χ0v) is 14.9. The van der Waals surface area contributed by atoms with Crippen molar-refractivity contribution in [3.05, 3.63) is 71.3 Å². The fourth-order valence-corrected chi connectivity index (χ4v) is 2.76. The third kappa shape index (κ3) is 5.79. The number of rotatable bonds is 9. The predicted molar refractivity (Wildman–Crippen MR) is 99.9 cm³/mol. The van der Waals surface area contributed by atoms with Gasteiger partial charge in [-0.3, -0.25) is 9.59 Å². The van der Waals surface area contributed by atoms with Crippen molar-refractivity contribution < 1.29 is 19.8 Å². The minimum Gasteiger partial charge on any atom is -0.391 e. The van der Waals surface area contributed by atoms with Gasteiger partial charge in [-0.1, -0.05) is 42.5 Å². The Hall–Kier alpha value is -2.50. The number of carbonyl (C=O) groups excluding carboxylic acids is 2. The van der Waals surface area contributed by atoms with Gasteiger partial charge in [0.05, 0.1) is 6.10 Å². The van der Waals surface area contributed by atoms with Crippen LogP contribution in [0.25, 0.3) is 0 Å². The van der Waals surface area contributed by atoms with E-state index >= 15 is 0 Å². The quantitative estimate of drug-likeness (QED) is 0.641. The SMILES string of the molecule is C[C@@H](O)[C@H](NC(=O)c1ccc(CCCc2ccccc2)cc1)C(=O)CO. The lowest BCUT2D eigenvalue weighted by Crippen LogP contribution is -2.48. The number of amides is 1. The molecule has 0 radical (unpaired) electrons. The van der Waals surface area contributed by atoms with Gasteiger partial charge in [0, 0.05) is 5.56 Å². The van der Waals surface area contributed by atoms with Crippen LogP contribution in [0.2, 0.25) is 0 Å². The Morgan fingerprint density at radius 3 is 2.08 bits per heavy atom. The number of aliphatic hydroxyl groups is 2. The standard InChI is InChI=1S/C21H25NO4/c1-15(24)20(19(25)14-23)22-21(26)18-12-10-17(11-13-18)9-5-8-16-6-3-2-4-7-16/h2-4,6-7,10-13,15,20,23-24H,5,8-9,14H2,1H3,(H,22,26)/t15-,20+/m1/s1. The van der Waals surface area contributed by atoms with Gasteiger partial charge in [0.25, 0.3) is 5.91 Å². The van der Waals surface area contributed by atoms with Gasteiger partial charge in [0.2, 0.25) is 0 Å². The number of Topliss-reactive ketones (excluding diaryl/α,β-unsaturated/α-hetero) is 1. The number of hydrogen-bond donors (Lipinski definition) is 3. The first-order chi connectivity index (χ1) is 12.5. The largest absolute Gasteiger partial charge is 0.391 e. The fourth-order valence-electron chi connectivity index (χ4n) is 2.76. The van der Waals surface area contributed by atoms with E-state index in [1.807, 2.05) is 30.3 Å². The van der Waals surface area contributed by atoms with E-state index in [1.54, 1.807) is 12.1 Å². The molecule has 0 heterocycles. The van der Waals surface area contributed by atoms with Crippen LogP contribution in [-0.4, -0.2) is 40.7 Å². The van der Waals surface area contributed by atoms with Crippen molar-refractivity contribution in [1.29, 1.82) is 0 Å². The number of hydrogen-bond acceptors (Lipinski definition) is 4. The number of aryl methyl sites for hydroxylation is 2. The summed E-state index contributed by atoms with van der Waals surface area (Å²) in [5, 5.41) is 21.0. The summed E-state index contributed by atoms with van der Waals surface area (Å²) < 4.78 is 0. The molecule has 0 aliphatic heterocycles. The van der Waals surface area contributed by atoms with Gasteiger partial charge in [-0.2, -0.15) is 0 Å². The van der Waals surface area contributed by atoms with E-state index in [0.29, 0.717) is 5.56 Å². The van der Waals surface area contributed by atoms with Crippen molar-refractivity contribution in [2.24, 2.45) is 0 Å². The number of ketones is 1. The summed E-state index contributed by atoms with van der Waals surface area (Å²) in [6, 6.07) is 16.4. The monoisotopic (exact) mass is 355 g/mol. The molecule has 0 saturated carbocycles. The van der Waals surface area contributed by atoms with Gasteiger partial charge in [0.1, 0.15) is 12.6 Å². The minimum atomic E-state index is -1.11. The molecule has 3 N–H and O–H groups in total. The van der Waals surface area contributed by atoms with Crippen LogP contribution in [0.4, 0.5) is 0 Å². The molecule has 0 fully saturated rings. The lowest BCUT2D eigenvalue weighted by atomic mass is 10.0. The van der Waals surface area contributed by atoms with Crippen LogP contribution in [0.1, 0.15) is 34.8 Å². The average molecular weight is 355 g/mol. The molecule has 138 valence electrons. The lowest BCUT2D eigenvalue weighted by Gasteiger charge is -2.19. The summed E-state index contributed by atoms with van der Waals surface area (Å²) in [5.74, 6) is -1.07. The van der Waals surface area contributed by atoms with Crippen LogP contribution >= 0.6 is 0 Å². The summed E-state index contributed by atoms with van der Waals surface area (Å²) in [6.07, 6.45) is 1.86. The number of benzene rings is 2. The molecule has 5 nitrogen and oxygen atoms in total. The topological polar surface area (TPSA) is 86.6 Å². The Kier molecular flexibility index (Phi) is 7.51. The second kappa shape index (κ2) is 9.85. The summed E-state index contributed by atoms with van der Waals surface area (Å²) in [6.45, 7) is 0.671. The predicted octanol–water partition coefficient (Wildman–Crippen LogP) is 1.90. The first-order valence-electron chi connectivity index (χ1n) is 8.76. The molecule has 0 saturated heterocycles. The molecule has 0 unspecified atom stereocenters. The molecule has 0 spiro atoms. The van der Waals surface area contributed by atoms with E-state index in [2.05, 4.69) is 17.4 Å². The van der Waals surface area contributed by atoms with Gasteiger partial charge >= 0.3 is 0 Å². The van der Waals surface area contributed by atoms with Gasteiger partial charge in [0.15, 0.2) is 5.78 Å². The fraction of sp³-hybridized carbons (Fsp3) is 0.333. The van der Waals surface area contributed by atoms with Crippen molar-refractivity contribution >= 4 is 11.7 Å². The minimum absolute atomic E-state index is 0.410. The molecule has 2 rings (SSSR count). The summed E-state index contributed by atoms with van der Waals surface area (Å²) in [5.41, 5.74) is 2.85. The van der Waals surface area contributed by atoms with E-state index in [1.165, 1.54) is 12.5 Å². The zero-order chi connectivity index (χ0) is 18.9. The highest BCUT2D eigenvalue weighted by atomic mass is 16.3. The highest BCUT2D eigenvalue weighted by Crippen LogP contribution is 2.10. The lowest BCUT2D eigenvalue weighted by molar-refractivity contribution is -0.125. The Morgan fingerprint density at radius 1 is 0.962 bits per heavy atom. The summed E-state index contributed by atoms with van der Waals surface area (Å²) in [4.78, 5) is 23.8. The smallest absolute Gasteiger partial charge is 0.251 e. The molecule has 26 heavy (non-hydrogen) atoms. The Labute approximate surface area is 153 Å². The van der Waals surface area contributed by atoms with Crippen LogP contribution in [0.5, 0.6) is 0 Å². The summed E-state index contributed by atoms with van der Waals surface area (Å²) in [7, 11) is 0. The first kappa shape index (κ1) is 19.8. The average Bonchev–Trinajstić information content (AvgIpc) is 2.66. The second-order valence-corrected chi connectivity index (χ2v) is 6.35. The Bertz CT molecular complexity index is 711. The molecule has 2 atom stereocenters. The molecule has 0 aromatic heterocycles. The molecule has 1 amide bonds. The highest BCUT2D eigenvalue weighted by molar-refractivity contribution is 5.98. The summed E-state index contributed by atoms with van der Waals surface area (Å²) >= 11 is 0. The van der Waals surface area contributed by atoms with Crippen molar-refractivity contribution in [1.82, 2.24) is 5.32 Å². The molecule has 2 aromatic carbocycles. The van der Waals surface area contributed by atoms with Crippen molar-refractivity contribution in [3.63, 3.8) is 0 Å². The highest BCUT2D eigenvalue weighted by Gasteiger charge is 2.25. The molecular weight excluding hydrogens is 330 g/mol. The molecule has 0 aliphatic carbocycles. The van der Waals surface area contributed by atoms with Crippen LogP contribution in [0, 0.1) is 0 Å². The number of carbonyl (C=O) groups is 2. The van der Waals surface area contributed by atoms with Crippen molar-refractivity contribution in [3.8, 4) is 0 Å².